The van der Waals surface area contributed by atoms with Crippen LogP contribution >= 0.6 is 0 Å². The van der Waals surface area contributed by atoms with Gasteiger partial charge in [-0.3, -0.25) is 28.8 Å². The number of esters is 6. The second-order valence-electron chi connectivity index (χ2n) is 9.01. The fourth-order valence-corrected chi connectivity index (χ4v) is 4.01. The second-order valence-corrected chi connectivity index (χ2v) is 9.01. The van der Waals surface area contributed by atoms with Gasteiger partial charge in [-0.05, 0) is 0 Å². The van der Waals surface area contributed by atoms with Gasteiger partial charge in [-0.15, -0.1) is 0 Å². The van der Waals surface area contributed by atoms with E-state index in [1.165, 1.54) is 0 Å². The molecule has 1 aliphatic heterocycles. The number of carbonyl (C=O) groups is 7. The number of hydrogen-bond donors (Lipinski definition) is 1. The Morgan fingerprint density at radius 1 is 0.905 bits per heavy atom. The molecule has 1 N–H and O–H groups in total. The van der Waals surface area contributed by atoms with Crippen molar-refractivity contribution in [2.45, 2.75) is 96.3 Å². The normalized spacial score (nSPS) is 23.3. The lowest BCUT2D eigenvalue weighted by atomic mass is 9.87. The maximum Gasteiger partial charge on any atom is 0.389 e. The predicted molar refractivity (Wildman–Crippen MR) is 127 cm³/mol. The molecule has 0 aromatic heterocycles. The molecule has 18 heteroatoms. The molecular formula is C24H32F3NO14. The minimum atomic E-state index is -4.73. The lowest BCUT2D eigenvalue weighted by molar-refractivity contribution is -0.304. The van der Waals surface area contributed by atoms with E-state index >= 15 is 0 Å². The first-order valence-electron chi connectivity index (χ1n) is 12.3. The zero-order chi connectivity index (χ0) is 32.4. The number of methoxy groups -OCH3 is 1. The van der Waals surface area contributed by atoms with E-state index in [0.29, 0.717) is 0 Å². The molecule has 1 fully saturated rings. The van der Waals surface area contributed by atoms with Crippen molar-refractivity contribution in [3.63, 3.8) is 0 Å². The number of amides is 1. The summed E-state index contributed by atoms with van der Waals surface area (Å²) in [6.07, 6.45) is -15.6. The summed E-state index contributed by atoms with van der Waals surface area (Å²) in [6, 6.07) is -1.73. The van der Waals surface area contributed by atoms with E-state index < -0.39 is 110 Å². The van der Waals surface area contributed by atoms with Crippen molar-refractivity contribution in [1.29, 1.82) is 0 Å². The van der Waals surface area contributed by atoms with Crippen LogP contribution in [0.15, 0.2) is 0 Å². The van der Waals surface area contributed by atoms with Gasteiger partial charge in [0, 0.05) is 41.0 Å². The molecule has 0 aromatic rings. The summed E-state index contributed by atoms with van der Waals surface area (Å²) in [5.41, 5.74) is 0. The predicted octanol–water partition coefficient (Wildman–Crippen LogP) is 0.393. The number of hydrogen-bond acceptors (Lipinski definition) is 14. The second kappa shape index (κ2) is 15.3. The molecular weight excluding hydrogens is 583 g/mol. The summed E-state index contributed by atoms with van der Waals surface area (Å²) >= 11 is 0. The van der Waals surface area contributed by atoms with Crippen LogP contribution in [-0.2, 0) is 66.7 Å². The summed E-state index contributed by atoms with van der Waals surface area (Å²) in [7, 11) is 0.879. The van der Waals surface area contributed by atoms with Gasteiger partial charge in [0.15, 0.2) is 12.2 Å². The average molecular weight is 616 g/mol. The van der Waals surface area contributed by atoms with Crippen LogP contribution in [0.25, 0.3) is 0 Å². The van der Waals surface area contributed by atoms with Gasteiger partial charge in [-0.25, -0.2) is 4.79 Å². The molecule has 1 unspecified atom stereocenters. The molecule has 238 valence electrons. The Morgan fingerprint density at radius 3 is 1.95 bits per heavy atom. The van der Waals surface area contributed by atoms with Crippen LogP contribution in [0.4, 0.5) is 13.2 Å². The Balaban J connectivity index is 3.87. The third-order valence-electron chi connectivity index (χ3n) is 5.40. The van der Waals surface area contributed by atoms with Crippen molar-refractivity contribution in [3.8, 4) is 0 Å². The van der Waals surface area contributed by atoms with Crippen molar-refractivity contribution in [3.05, 3.63) is 0 Å². The zero-order valence-corrected chi connectivity index (χ0v) is 23.6. The highest BCUT2D eigenvalue weighted by molar-refractivity contribution is 5.82. The first-order valence-corrected chi connectivity index (χ1v) is 12.3. The highest BCUT2D eigenvalue weighted by Gasteiger charge is 2.60. The van der Waals surface area contributed by atoms with Gasteiger partial charge in [0.2, 0.25) is 5.91 Å². The minimum absolute atomic E-state index is 0.793. The van der Waals surface area contributed by atoms with E-state index in [9.17, 15) is 46.7 Å². The molecule has 0 aromatic carbocycles. The zero-order valence-electron chi connectivity index (χ0n) is 23.6. The van der Waals surface area contributed by atoms with Crippen molar-refractivity contribution in [1.82, 2.24) is 5.32 Å². The summed E-state index contributed by atoms with van der Waals surface area (Å²) in [4.78, 5) is 85.2. The maximum atomic E-state index is 12.9. The first-order chi connectivity index (χ1) is 19.3. The molecule has 1 aliphatic rings. The van der Waals surface area contributed by atoms with Gasteiger partial charge >= 0.3 is 47.8 Å². The molecule has 6 atom stereocenters. The highest BCUT2D eigenvalue weighted by atomic mass is 19.4. The van der Waals surface area contributed by atoms with Crippen molar-refractivity contribution >= 4 is 41.7 Å². The van der Waals surface area contributed by atoms with Crippen LogP contribution in [-0.4, -0.2) is 97.9 Å². The van der Waals surface area contributed by atoms with Gasteiger partial charge in [0.25, 0.3) is 0 Å². The Labute approximate surface area is 237 Å². The smallest absolute Gasteiger partial charge is 0.389 e. The monoisotopic (exact) mass is 615 g/mol. The summed E-state index contributed by atoms with van der Waals surface area (Å²) in [5, 5.41) is 2.20. The molecule has 1 saturated heterocycles. The van der Waals surface area contributed by atoms with E-state index in [4.69, 9.17) is 33.2 Å². The van der Waals surface area contributed by atoms with Crippen molar-refractivity contribution in [2.75, 3.05) is 13.7 Å². The van der Waals surface area contributed by atoms with Crippen LogP contribution in [0.1, 0.15) is 53.9 Å². The first kappa shape index (κ1) is 36.1. The molecule has 42 heavy (non-hydrogen) atoms. The Hall–Kier alpha value is -3.96. The molecule has 0 bridgehead atoms. The Kier molecular flexibility index (Phi) is 13.2. The Morgan fingerprint density at radius 2 is 1.50 bits per heavy atom. The van der Waals surface area contributed by atoms with Crippen LogP contribution in [0, 0.1) is 0 Å². The highest BCUT2D eigenvalue weighted by Crippen LogP contribution is 2.37. The average Bonchev–Trinajstić information content (AvgIpc) is 2.83. The Bertz CT molecular complexity index is 1050. The molecule has 15 nitrogen and oxygen atoms in total. The fraction of sp³-hybridized carbons (Fsp3) is 0.708. The van der Waals surface area contributed by atoms with Crippen LogP contribution in [0.5, 0.6) is 0 Å². The van der Waals surface area contributed by atoms with Crippen molar-refractivity contribution < 1.29 is 79.9 Å². The lowest BCUT2D eigenvalue weighted by Crippen LogP contribution is -2.69. The number of ether oxygens (including phenoxy) is 7. The van der Waals surface area contributed by atoms with Gasteiger partial charge in [-0.1, -0.05) is 0 Å². The summed E-state index contributed by atoms with van der Waals surface area (Å²) < 4.78 is 74.5. The number of rotatable bonds is 12. The number of alkyl halides is 3. The largest absolute Gasteiger partial charge is 0.464 e. The minimum Gasteiger partial charge on any atom is -0.464 e. The topological polar surface area (TPSA) is 196 Å². The quantitative estimate of drug-likeness (QED) is 0.234. The standard InChI is InChI=1S/C24H32F3NO14/c1-11(29)37-10-17(39-13(3)31)20(40-14(4)32)21-19(28-18(34)7-8-24(25,26)27)16(38-12(2)30)9-23(42-21,22(35)36-6)41-15(5)33/h16-17,19-21H,7-10H2,1-6H3,(H,28,34)/t16-,17+,19+,20-,21?,23-/m0/s1. The molecule has 1 rings (SSSR count). The van der Waals surface area contributed by atoms with E-state index in [0.717, 1.165) is 41.7 Å². The van der Waals surface area contributed by atoms with Gasteiger partial charge < -0.3 is 38.5 Å². The van der Waals surface area contributed by atoms with E-state index in [1.54, 1.807) is 0 Å². The SMILES string of the molecule is COC(=O)[C@]1(OC(C)=O)C[C@H](OC(C)=O)[C@@H](NC(=O)CCC(F)(F)F)C([C@@H](OC(C)=O)[C@@H](COC(C)=O)OC(C)=O)O1. The molecule has 0 radical (unpaired) electrons. The van der Waals surface area contributed by atoms with Crippen LogP contribution in [0.2, 0.25) is 0 Å². The number of carbonyl (C=O) groups excluding carboxylic acids is 7. The third kappa shape index (κ3) is 11.5. The van der Waals surface area contributed by atoms with Gasteiger partial charge in [-0.2, -0.15) is 13.2 Å². The van der Waals surface area contributed by atoms with E-state index in [-0.39, 0.29) is 0 Å². The maximum absolute atomic E-state index is 12.9. The van der Waals surface area contributed by atoms with E-state index in [2.05, 4.69) is 5.32 Å². The van der Waals surface area contributed by atoms with Gasteiger partial charge in [0.05, 0.1) is 26.0 Å². The third-order valence-corrected chi connectivity index (χ3v) is 5.40. The van der Waals surface area contributed by atoms with Crippen LogP contribution in [0.3, 0.4) is 0 Å². The van der Waals surface area contributed by atoms with Crippen LogP contribution < -0.4 is 5.32 Å². The van der Waals surface area contributed by atoms with E-state index in [1.807, 2.05) is 0 Å². The lowest BCUT2D eigenvalue weighted by Gasteiger charge is -2.48. The molecule has 1 amide bonds. The molecule has 1 heterocycles. The summed E-state index contributed by atoms with van der Waals surface area (Å²) in [5.74, 6) is -10.4. The van der Waals surface area contributed by atoms with Crippen molar-refractivity contribution in [2.24, 2.45) is 0 Å². The fourth-order valence-electron chi connectivity index (χ4n) is 4.01. The molecule has 0 aliphatic carbocycles. The number of halogens is 3. The molecule has 0 saturated carbocycles. The van der Waals surface area contributed by atoms with Gasteiger partial charge in [0.1, 0.15) is 18.8 Å². The number of nitrogens with one attached hydrogen (secondary N) is 1. The molecule has 0 spiro atoms. The summed E-state index contributed by atoms with van der Waals surface area (Å²) in [6.45, 7) is 3.82.